The summed E-state index contributed by atoms with van der Waals surface area (Å²) < 4.78 is 0. The number of hydrogen-bond acceptors (Lipinski definition) is 2. The minimum absolute atomic E-state index is 0.355. The summed E-state index contributed by atoms with van der Waals surface area (Å²) in [6.45, 7) is 0.00726. The zero-order valence-electron chi connectivity index (χ0n) is 6.00. The van der Waals surface area contributed by atoms with Crippen LogP contribution in [0.1, 0.15) is 5.56 Å². The fraction of sp³-hybridized carbons (Fsp3) is 0.286. The predicted molar refractivity (Wildman–Crippen MR) is 39.7 cm³/mol. The number of carbonyl (C=O) groups is 1. The van der Waals surface area contributed by atoms with Gasteiger partial charge in [0.2, 0.25) is 5.91 Å². The average Bonchev–Trinajstić information content (AvgIpc) is 2.52. The van der Waals surface area contributed by atoms with Crippen LogP contribution in [0.5, 0.6) is 0 Å². The zero-order valence-corrected chi connectivity index (χ0v) is 6.00. The number of H-pyrrole nitrogens is 1. The Morgan fingerprint density at radius 1 is 1.73 bits per heavy atom. The molecule has 0 spiro atoms. The number of amides is 1. The summed E-state index contributed by atoms with van der Waals surface area (Å²) in [5.74, 6) is -0.355. The zero-order chi connectivity index (χ0) is 8.10. The molecular formula is C7H10N2O2. The number of hydrogen-bond donors (Lipinski definition) is 3. The van der Waals surface area contributed by atoms with Gasteiger partial charge in [0.05, 0.1) is 0 Å². The van der Waals surface area contributed by atoms with E-state index >= 15 is 0 Å². The Morgan fingerprint density at radius 2 is 2.55 bits per heavy atom. The summed E-state index contributed by atoms with van der Waals surface area (Å²) >= 11 is 0. The number of nitrogens with one attached hydrogen (secondary N) is 2. The van der Waals surface area contributed by atoms with Crippen molar-refractivity contribution in [2.45, 2.75) is 6.54 Å². The molecule has 0 aromatic carbocycles. The summed E-state index contributed by atoms with van der Waals surface area (Å²) in [6, 6.07) is 1.86. The van der Waals surface area contributed by atoms with Gasteiger partial charge in [-0.2, -0.15) is 0 Å². The molecule has 1 aromatic rings. The normalized spacial score (nSPS) is 9.55. The number of aromatic amines is 1. The molecule has 0 fully saturated rings. The van der Waals surface area contributed by atoms with E-state index in [4.69, 9.17) is 5.11 Å². The highest BCUT2D eigenvalue weighted by Gasteiger charge is 1.96. The van der Waals surface area contributed by atoms with Crippen LogP contribution < -0.4 is 5.32 Å². The van der Waals surface area contributed by atoms with Crippen LogP contribution in [-0.2, 0) is 11.3 Å². The first kappa shape index (κ1) is 7.81. The smallest absolute Gasteiger partial charge is 0.245 e. The van der Waals surface area contributed by atoms with Crippen molar-refractivity contribution in [3.8, 4) is 0 Å². The molecule has 0 saturated heterocycles. The van der Waals surface area contributed by atoms with E-state index in [9.17, 15) is 4.79 Å². The van der Waals surface area contributed by atoms with Gasteiger partial charge in [-0.1, -0.05) is 0 Å². The molecule has 60 valence electrons. The molecule has 1 rings (SSSR count). The van der Waals surface area contributed by atoms with Crippen molar-refractivity contribution < 1.29 is 9.90 Å². The average molecular weight is 154 g/mol. The number of aliphatic hydroxyl groups is 1. The van der Waals surface area contributed by atoms with Gasteiger partial charge in [0.1, 0.15) is 6.61 Å². The molecule has 0 aliphatic carbocycles. The highest BCUT2D eigenvalue weighted by Crippen LogP contribution is 1.93. The fourth-order valence-electron chi connectivity index (χ4n) is 0.725. The van der Waals surface area contributed by atoms with Gasteiger partial charge in [-0.15, -0.1) is 0 Å². The summed E-state index contributed by atoms with van der Waals surface area (Å²) in [4.78, 5) is 13.4. The van der Waals surface area contributed by atoms with Crippen molar-refractivity contribution in [2.24, 2.45) is 0 Å². The lowest BCUT2D eigenvalue weighted by Gasteiger charge is -1.98. The predicted octanol–water partition coefficient (Wildman–Crippen LogP) is -0.377. The van der Waals surface area contributed by atoms with Gasteiger partial charge < -0.3 is 15.4 Å². The molecule has 1 heterocycles. The summed E-state index contributed by atoms with van der Waals surface area (Å²) in [6.07, 6.45) is 3.57. The van der Waals surface area contributed by atoms with Gasteiger partial charge >= 0.3 is 0 Å². The molecule has 1 aromatic heterocycles. The first-order valence-electron chi connectivity index (χ1n) is 3.32. The second-order valence-corrected chi connectivity index (χ2v) is 2.15. The molecule has 0 aliphatic heterocycles. The molecule has 11 heavy (non-hydrogen) atoms. The first-order chi connectivity index (χ1) is 5.33. The van der Waals surface area contributed by atoms with Gasteiger partial charge in [0.15, 0.2) is 0 Å². The highest BCUT2D eigenvalue weighted by atomic mass is 16.3. The Labute approximate surface area is 64.2 Å². The van der Waals surface area contributed by atoms with Crippen LogP contribution in [-0.4, -0.2) is 22.6 Å². The van der Waals surface area contributed by atoms with E-state index in [1.807, 2.05) is 6.07 Å². The topological polar surface area (TPSA) is 65.1 Å². The van der Waals surface area contributed by atoms with Crippen LogP contribution in [0.4, 0.5) is 0 Å². The SMILES string of the molecule is O=C(CO)NCc1cc[nH]c1. The third kappa shape index (κ3) is 2.43. The van der Waals surface area contributed by atoms with Crippen molar-refractivity contribution in [3.63, 3.8) is 0 Å². The van der Waals surface area contributed by atoms with E-state index in [1.54, 1.807) is 12.4 Å². The molecule has 4 nitrogen and oxygen atoms in total. The summed E-state index contributed by atoms with van der Waals surface area (Å²) in [5.41, 5.74) is 0.992. The van der Waals surface area contributed by atoms with E-state index in [2.05, 4.69) is 10.3 Å². The summed E-state index contributed by atoms with van der Waals surface area (Å²) in [7, 11) is 0. The molecular weight excluding hydrogens is 144 g/mol. The second-order valence-electron chi connectivity index (χ2n) is 2.15. The van der Waals surface area contributed by atoms with Crippen LogP contribution in [0.25, 0.3) is 0 Å². The van der Waals surface area contributed by atoms with Crippen molar-refractivity contribution in [3.05, 3.63) is 24.0 Å². The van der Waals surface area contributed by atoms with Crippen LogP contribution in [0.2, 0.25) is 0 Å². The molecule has 3 N–H and O–H groups in total. The van der Waals surface area contributed by atoms with Gasteiger partial charge in [0.25, 0.3) is 0 Å². The quantitative estimate of drug-likeness (QED) is 0.555. The van der Waals surface area contributed by atoms with Crippen molar-refractivity contribution in [1.29, 1.82) is 0 Å². The Hall–Kier alpha value is -1.29. The van der Waals surface area contributed by atoms with Gasteiger partial charge in [-0.25, -0.2) is 0 Å². The molecule has 0 aliphatic rings. The number of aromatic nitrogens is 1. The van der Waals surface area contributed by atoms with Gasteiger partial charge in [-0.3, -0.25) is 4.79 Å². The Kier molecular flexibility index (Phi) is 2.68. The highest BCUT2D eigenvalue weighted by molar-refractivity contribution is 5.76. The Balaban J connectivity index is 2.29. The van der Waals surface area contributed by atoms with Crippen LogP contribution in [0.3, 0.4) is 0 Å². The molecule has 0 radical (unpaired) electrons. The van der Waals surface area contributed by atoms with E-state index < -0.39 is 6.61 Å². The van der Waals surface area contributed by atoms with Crippen LogP contribution in [0, 0.1) is 0 Å². The van der Waals surface area contributed by atoms with Crippen molar-refractivity contribution in [1.82, 2.24) is 10.3 Å². The van der Waals surface area contributed by atoms with Crippen LogP contribution in [0.15, 0.2) is 18.5 Å². The number of carbonyl (C=O) groups excluding carboxylic acids is 1. The molecule has 0 bridgehead atoms. The Morgan fingerprint density at radius 3 is 3.09 bits per heavy atom. The lowest BCUT2D eigenvalue weighted by atomic mass is 10.3. The van der Waals surface area contributed by atoms with E-state index in [0.717, 1.165) is 5.56 Å². The van der Waals surface area contributed by atoms with Crippen molar-refractivity contribution in [2.75, 3.05) is 6.61 Å². The molecule has 4 heteroatoms. The molecule has 0 unspecified atom stereocenters. The van der Waals surface area contributed by atoms with E-state index in [-0.39, 0.29) is 5.91 Å². The van der Waals surface area contributed by atoms with E-state index in [1.165, 1.54) is 0 Å². The number of rotatable bonds is 3. The van der Waals surface area contributed by atoms with Gasteiger partial charge in [-0.05, 0) is 11.6 Å². The summed E-state index contributed by atoms with van der Waals surface area (Å²) in [5, 5.41) is 10.9. The van der Waals surface area contributed by atoms with Gasteiger partial charge in [0, 0.05) is 18.9 Å². The molecule has 0 saturated carbocycles. The lowest BCUT2D eigenvalue weighted by molar-refractivity contribution is -0.123. The third-order valence-electron chi connectivity index (χ3n) is 1.30. The van der Waals surface area contributed by atoms with E-state index in [0.29, 0.717) is 6.54 Å². The van der Waals surface area contributed by atoms with Crippen molar-refractivity contribution >= 4 is 5.91 Å². The molecule has 0 atom stereocenters. The maximum absolute atomic E-state index is 10.5. The minimum Gasteiger partial charge on any atom is -0.387 e. The Bertz CT molecular complexity index is 218. The molecule has 1 amide bonds. The maximum Gasteiger partial charge on any atom is 0.245 e. The van der Waals surface area contributed by atoms with Crippen LogP contribution >= 0.6 is 0 Å². The number of aliphatic hydroxyl groups excluding tert-OH is 1. The standard InChI is InChI=1S/C7H10N2O2/c10-5-7(11)9-4-6-1-2-8-3-6/h1-3,8,10H,4-5H2,(H,9,11). The third-order valence-corrected chi connectivity index (χ3v) is 1.30. The first-order valence-corrected chi connectivity index (χ1v) is 3.32. The largest absolute Gasteiger partial charge is 0.387 e. The maximum atomic E-state index is 10.5. The fourth-order valence-corrected chi connectivity index (χ4v) is 0.725. The minimum atomic E-state index is -0.454. The second kappa shape index (κ2) is 3.78. The lowest BCUT2D eigenvalue weighted by Crippen LogP contribution is -2.25. The monoisotopic (exact) mass is 154 g/mol.